The molecule has 0 saturated carbocycles. The summed E-state index contributed by atoms with van der Waals surface area (Å²) in [5, 5.41) is 24.2. The number of nitrogens with zero attached hydrogens (tertiary/aromatic N) is 4. The second-order valence-electron chi connectivity index (χ2n) is 5.61. The standard InChI is InChI=1S/C14H20N4O2/c1-4-14-15-18(20)13-8-10-6-11(16(2)3)5-9(10)7-12(13)17(14)19/h7-8,11,19H,4-6H2,1-3H3,(H,15,20)/q+2. The number of aryl methyl sites for hydroxylation is 1. The van der Waals surface area contributed by atoms with Crippen LogP contribution in [0.25, 0.3) is 11.0 Å². The second-order valence-corrected chi connectivity index (χ2v) is 5.61. The maximum absolute atomic E-state index is 10.2. The van der Waals surface area contributed by atoms with Gasteiger partial charge in [0, 0.05) is 18.2 Å². The molecule has 0 radical (unpaired) electrons. The van der Waals surface area contributed by atoms with Crippen molar-refractivity contribution >= 4 is 11.0 Å². The van der Waals surface area contributed by atoms with Crippen LogP contribution in [0.2, 0.25) is 0 Å². The summed E-state index contributed by atoms with van der Waals surface area (Å²) >= 11 is 0. The van der Waals surface area contributed by atoms with E-state index in [2.05, 4.69) is 24.1 Å². The van der Waals surface area contributed by atoms with Gasteiger partial charge in [-0.05, 0) is 42.8 Å². The van der Waals surface area contributed by atoms with Gasteiger partial charge in [0.05, 0.1) is 6.42 Å². The summed E-state index contributed by atoms with van der Waals surface area (Å²) in [5.41, 5.74) is 3.57. The van der Waals surface area contributed by atoms with Crippen LogP contribution < -0.4 is 9.58 Å². The number of hydrogen-bond donors (Lipinski definition) is 2. The number of benzene rings is 1. The quantitative estimate of drug-likeness (QED) is 0.593. The van der Waals surface area contributed by atoms with Crippen LogP contribution in [-0.2, 0) is 19.3 Å². The molecule has 3 rings (SSSR count). The minimum atomic E-state index is 0.433. The first-order chi connectivity index (χ1) is 9.51. The van der Waals surface area contributed by atoms with Crippen molar-refractivity contribution in [3.63, 3.8) is 0 Å². The molecule has 0 spiro atoms. The van der Waals surface area contributed by atoms with Gasteiger partial charge in [0.1, 0.15) is 0 Å². The van der Waals surface area contributed by atoms with Gasteiger partial charge in [-0.1, -0.05) is 6.92 Å². The Hall–Kier alpha value is -1.95. The zero-order chi connectivity index (χ0) is 14.4. The van der Waals surface area contributed by atoms with Gasteiger partial charge >= 0.3 is 11.3 Å². The molecule has 0 fully saturated rings. The van der Waals surface area contributed by atoms with Crippen molar-refractivity contribution in [3.05, 3.63) is 29.1 Å². The molecule has 1 atom stereocenters. The number of likely N-dealkylation sites (N-methyl/N-ethyl adjacent to an activating group) is 1. The number of hydrogen-bond acceptors (Lipinski definition) is 4. The lowest BCUT2D eigenvalue weighted by Crippen LogP contribution is -2.48. The normalized spacial score (nSPS) is 17.9. The predicted octanol–water partition coefficient (Wildman–Crippen LogP) is -0.124. The molecule has 1 heterocycles. The lowest BCUT2D eigenvalue weighted by molar-refractivity contribution is -0.959. The Kier molecular flexibility index (Phi) is 2.97. The highest BCUT2D eigenvalue weighted by Gasteiger charge is 2.32. The monoisotopic (exact) mass is 276 g/mol. The van der Waals surface area contributed by atoms with E-state index in [-0.39, 0.29) is 0 Å². The Morgan fingerprint density at radius 1 is 1.20 bits per heavy atom. The Labute approximate surface area is 117 Å². The minimum Gasteiger partial charge on any atom is -0.349 e. The maximum Gasteiger partial charge on any atom is 0.415 e. The van der Waals surface area contributed by atoms with E-state index in [1.54, 1.807) is 0 Å². The molecule has 106 valence electrons. The molecule has 6 nitrogen and oxygen atoms in total. The van der Waals surface area contributed by atoms with Gasteiger partial charge in [-0.2, -0.15) is 0 Å². The lowest BCUT2D eigenvalue weighted by Gasteiger charge is -2.17. The van der Waals surface area contributed by atoms with Gasteiger partial charge in [-0.15, -0.1) is 0 Å². The molecule has 1 aromatic heterocycles. The van der Waals surface area contributed by atoms with Crippen molar-refractivity contribution in [3.8, 4) is 0 Å². The van der Waals surface area contributed by atoms with Crippen LogP contribution in [0.5, 0.6) is 0 Å². The molecule has 6 heteroatoms. The molecule has 1 aliphatic rings. The molecule has 0 aliphatic heterocycles. The Morgan fingerprint density at radius 2 is 1.80 bits per heavy atom. The number of rotatable bonds is 2. The summed E-state index contributed by atoms with van der Waals surface area (Å²) in [6.45, 7) is 1.89. The number of aromatic nitrogens is 3. The van der Waals surface area contributed by atoms with Crippen LogP contribution in [0, 0.1) is 0 Å². The fourth-order valence-electron chi connectivity index (χ4n) is 2.88. The molecular formula is C14H20N4O2+2. The van der Waals surface area contributed by atoms with Crippen molar-refractivity contribution in [2.45, 2.75) is 32.2 Å². The van der Waals surface area contributed by atoms with Crippen molar-refractivity contribution in [2.24, 2.45) is 0 Å². The summed E-state index contributed by atoms with van der Waals surface area (Å²) in [6, 6.07) is 4.36. The molecule has 0 bridgehead atoms. The van der Waals surface area contributed by atoms with Crippen LogP contribution >= 0.6 is 0 Å². The van der Waals surface area contributed by atoms with Gasteiger partial charge in [-0.3, -0.25) is 0 Å². The average molecular weight is 276 g/mol. The first-order valence-corrected chi connectivity index (χ1v) is 6.89. The van der Waals surface area contributed by atoms with Gasteiger partial charge < -0.3 is 10.1 Å². The van der Waals surface area contributed by atoms with E-state index < -0.39 is 0 Å². The zero-order valence-corrected chi connectivity index (χ0v) is 12.0. The molecule has 1 unspecified atom stereocenters. The minimum absolute atomic E-state index is 0.433. The van der Waals surface area contributed by atoms with E-state index in [0.717, 1.165) is 22.4 Å². The van der Waals surface area contributed by atoms with Crippen LogP contribution in [0.3, 0.4) is 0 Å². The van der Waals surface area contributed by atoms with E-state index in [9.17, 15) is 10.4 Å². The summed E-state index contributed by atoms with van der Waals surface area (Å²) in [6.07, 6.45) is 2.47. The van der Waals surface area contributed by atoms with Gasteiger partial charge in [0.25, 0.3) is 10.6 Å². The van der Waals surface area contributed by atoms with Crippen molar-refractivity contribution in [2.75, 3.05) is 14.1 Å². The maximum atomic E-state index is 10.2. The summed E-state index contributed by atoms with van der Waals surface area (Å²) in [4.78, 5) is 3.07. The molecule has 2 N–H and O–H groups in total. The number of fused-ring (bicyclic) bond motifs is 2. The fraction of sp³-hybridized carbons (Fsp3) is 0.500. The first kappa shape index (κ1) is 13.1. The Bertz CT molecular complexity index is 685. The molecule has 2 aromatic rings. The smallest absolute Gasteiger partial charge is 0.349 e. The van der Waals surface area contributed by atoms with Crippen molar-refractivity contribution < 1.29 is 20.0 Å². The third-order valence-corrected chi connectivity index (χ3v) is 4.15. The summed E-state index contributed by atoms with van der Waals surface area (Å²) in [5.74, 6) is 0.433. The highest BCUT2D eigenvalue weighted by Crippen LogP contribution is 2.26. The zero-order valence-electron chi connectivity index (χ0n) is 12.0. The summed E-state index contributed by atoms with van der Waals surface area (Å²) < 4.78 is 1.07. The van der Waals surface area contributed by atoms with Crippen molar-refractivity contribution in [1.82, 2.24) is 10.00 Å². The Balaban J connectivity index is 2.19. The Morgan fingerprint density at radius 3 is 2.35 bits per heavy atom. The largest absolute Gasteiger partial charge is 0.415 e. The van der Waals surface area contributed by atoms with E-state index in [1.807, 2.05) is 19.1 Å². The predicted molar refractivity (Wildman–Crippen MR) is 70.8 cm³/mol. The van der Waals surface area contributed by atoms with Gasteiger partial charge in [0.15, 0.2) is 0 Å². The highest BCUT2D eigenvalue weighted by atomic mass is 16.5. The van der Waals surface area contributed by atoms with E-state index in [0.29, 0.717) is 29.3 Å². The topological polar surface area (TPSA) is 64.3 Å². The molecular weight excluding hydrogens is 256 g/mol. The van der Waals surface area contributed by atoms with Gasteiger partial charge in [-0.25, -0.2) is 5.21 Å². The molecule has 1 aliphatic carbocycles. The fourth-order valence-corrected chi connectivity index (χ4v) is 2.88. The van der Waals surface area contributed by atoms with Crippen LogP contribution in [0.15, 0.2) is 12.1 Å². The third-order valence-electron chi connectivity index (χ3n) is 4.15. The average Bonchev–Trinajstić information content (AvgIpc) is 2.84. The summed E-state index contributed by atoms with van der Waals surface area (Å²) in [7, 11) is 4.15. The second kappa shape index (κ2) is 4.56. The van der Waals surface area contributed by atoms with Crippen LogP contribution in [-0.4, -0.2) is 40.6 Å². The molecule has 20 heavy (non-hydrogen) atoms. The van der Waals surface area contributed by atoms with E-state index in [4.69, 9.17) is 0 Å². The van der Waals surface area contributed by atoms with Crippen molar-refractivity contribution in [1.29, 1.82) is 0 Å². The molecule has 1 aromatic carbocycles. The third kappa shape index (κ3) is 1.87. The van der Waals surface area contributed by atoms with Gasteiger partial charge in [0.2, 0.25) is 4.85 Å². The van der Waals surface area contributed by atoms with E-state index in [1.165, 1.54) is 11.1 Å². The van der Waals surface area contributed by atoms with E-state index >= 15 is 0 Å². The lowest BCUT2D eigenvalue weighted by atomic mass is 10.1. The highest BCUT2D eigenvalue weighted by molar-refractivity contribution is 5.70. The van der Waals surface area contributed by atoms with Crippen LogP contribution in [0.1, 0.15) is 23.9 Å². The molecule has 0 amide bonds. The van der Waals surface area contributed by atoms with Crippen LogP contribution in [0.4, 0.5) is 0 Å². The first-order valence-electron chi connectivity index (χ1n) is 6.89. The SMILES string of the molecule is CCc1n[n+](O)c2cc3c(cc2[n+]1O)CC(N(C)C)C3. The molecule has 0 saturated heterocycles.